The molecule has 1 unspecified atom stereocenters. The van der Waals surface area contributed by atoms with Gasteiger partial charge in [0.1, 0.15) is 0 Å². The van der Waals surface area contributed by atoms with E-state index in [1.165, 1.54) is 5.56 Å². The SMILES string of the molecule is COc1cc(Br)cc2c1OC1(C=C2)N(CCCO)c2ccccc2C1(C)C. The van der Waals surface area contributed by atoms with Crippen LogP contribution >= 0.6 is 15.9 Å². The monoisotopic (exact) mass is 429 g/mol. The van der Waals surface area contributed by atoms with Crippen LogP contribution in [0.2, 0.25) is 0 Å². The van der Waals surface area contributed by atoms with Gasteiger partial charge >= 0.3 is 0 Å². The molecule has 0 radical (unpaired) electrons. The summed E-state index contributed by atoms with van der Waals surface area (Å²) in [6.07, 6.45) is 4.94. The van der Waals surface area contributed by atoms with Crippen LogP contribution in [0.25, 0.3) is 6.08 Å². The van der Waals surface area contributed by atoms with Gasteiger partial charge in [0.05, 0.1) is 12.5 Å². The van der Waals surface area contributed by atoms with Crippen molar-refractivity contribution in [3.63, 3.8) is 0 Å². The Morgan fingerprint density at radius 1 is 1.22 bits per heavy atom. The lowest BCUT2D eigenvalue weighted by molar-refractivity contribution is 0.0496. The van der Waals surface area contributed by atoms with Crippen molar-refractivity contribution in [3.8, 4) is 11.5 Å². The lowest BCUT2D eigenvalue weighted by Crippen LogP contribution is -2.59. The predicted octanol–water partition coefficient (Wildman–Crippen LogP) is 4.74. The molecule has 2 aliphatic rings. The van der Waals surface area contributed by atoms with E-state index >= 15 is 0 Å². The minimum atomic E-state index is -0.681. The molecule has 2 aliphatic heterocycles. The van der Waals surface area contributed by atoms with Crippen molar-refractivity contribution in [1.82, 2.24) is 0 Å². The molecule has 0 fully saturated rings. The number of para-hydroxylation sites is 1. The Balaban J connectivity index is 1.89. The molecule has 142 valence electrons. The van der Waals surface area contributed by atoms with E-state index in [-0.39, 0.29) is 12.0 Å². The van der Waals surface area contributed by atoms with E-state index in [9.17, 15) is 5.11 Å². The summed E-state index contributed by atoms with van der Waals surface area (Å²) in [6.45, 7) is 5.28. The molecule has 0 saturated heterocycles. The molecule has 0 aromatic heterocycles. The number of aliphatic hydroxyl groups is 1. The van der Waals surface area contributed by atoms with E-state index in [1.54, 1.807) is 7.11 Å². The third-order valence-electron chi connectivity index (χ3n) is 5.72. The maximum Gasteiger partial charge on any atom is 0.212 e. The zero-order valence-corrected chi connectivity index (χ0v) is 17.4. The van der Waals surface area contributed by atoms with Crippen LogP contribution in [0.15, 0.2) is 46.9 Å². The lowest BCUT2D eigenvalue weighted by atomic mass is 9.76. The molecule has 0 saturated carbocycles. The van der Waals surface area contributed by atoms with Crippen molar-refractivity contribution in [1.29, 1.82) is 0 Å². The molecule has 0 bridgehead atoms. The number of hydrogen-bond acceptors (Lipinski definition) is 4. The number of halogens is 1. The average molecular weight is 430 g/mol. The van der Waals surface area contributed by atoms with Crippen molar-refractivity contribution in [2.24, 2.45) is 0 Å². The number of nitrogens with zero attached hydrogens (tertiary/aromatic N) is 1. The molecule has 1 N–H and O–H groups in total. The van der Waals surface area contributed by atoms with Gasteiger partial charge in [-0.1, -0.05) is 34.1 Å². The summed E-state index contributed by atoms with van der Waals surface area (Å²) in [4.78, 5) is 2.28. The molecule has 2 aromatic carbocycles. The van der Waals surface area contributed by atoms with Gasteiger partial charge in [0.25, 0.3) is 0 Å². The highest BCUT2D eigenvalue weighted by Gasteiger charge is 2.58. The summed E-state index contributed by atoms with van der Waals surface area (Å²) in [5, 5.41) is 9.45. The number of benzene rings is 2. The summed E-state index contributed by atoms with van der Waals surface area (Å²) in [7, 11) is 1.66. The van der Waals surface area contributed by atoms with Gasteiger partial charge in [-0.2, -0.15) is 0 Å². The Bertz CT molecular complexity index is 908. The molecular weight excluding hydrogens is 406 g/mol. The van der Waals surface area contributed by atoms with Gasteiger partial charge in [0.2, 0.25) is 5.72 Å². The van der Waals surface area contributed by atoms with Crippen molar-refractivity contribution >= 4 is 27.7 Å². The second-order valence-electron chi connectivity index (χ2n) is 7.53. The molecule has 2 aromatic rings. The van der Waals surface area contributed by atoms with Gasteiger partial charge in [-0.25, -0.2) is 0 Å². The number of ether oxygens (including phenoxy) is 2. The van der Waals surface area contributed by atoms with Crippen LogP contribution in [0.5, 0.6) is 11.5 Å². The van der Waals surface area contributed by atoms with Crippen molar-refractivity contribution in [2.75, 3.05) is 25.2 Å². The van der Waals surface area contributed by atoms with Gasteiger partial charge in [-0.15, -0.1) is 0 Å². The fourth-order valence-corrected chi connectivity index (χ4v) is 4.76. The van der Waals surface area contributed by atoms with E-state index in [0.29, 0.717) is 18.7 Å². The normalized spacial score (nSPS) is 21.7. The van der Waals surface area contributed by atoms with Crippen LogP contribution in [0.1, 0.15) is 31.4 Å². The van der Waals surface area contributed by atoms with Gasteiger partial charge < -0.3 is 19.5 Å². The topological polar surface area (TPSA) is 41.9 Å². The summed E-state index contributed by atoms with van der Waals surface area (Å²) in [5.74, 6) is 1.45. The molecule has 2 heterocycles. The van der Waals surface area contributed by atoms with Crippen LogP contribution < -0.4 is 14.4 Å². The molecule has 1 atom stereocenters. The molecule has 1 spiro atoms. The average Bonchev–Trinajstić information content (AvgIpc) is 2.84. The highest BCUT2D eigenvalue weighted by Crippen LogP contribution is 2.56. The minimum absolute atomic E-state index is 0.145. The summed E-state index contributed by atoms with van der Waals surface area (Å²) in [5.41, 5.74) is 2.42. The Labute approximate surface area is 168 Å². The van der Waals surface area contributed by atoms with Crippen LogP contribution in [-0.4, -0.2) is 31.1 Å². The maximum atomic E-state index is 9.45. The van der Waals surface area contributed by atoms with E-state index < -0.39 is 5.72 Å². The van der Waals surface area contributed by atoms with Crippen LogP contribution in [0.4, 0.5) is 5.69 Å². The fraction of sp³-hybridized carbons (Fsp3) is 0.364. The third-order valence-corrected chi connectivity index (χ3v) is 6.18. The Morgan fingerprint density at radius 3 is 2.74 bits per heavy atom. The van der Waals surface area contributed by atoms with E-state index in [1.807, 2.05) is 12.1 Å². The Morgan fingerprint density at radius 2 is 2.00 bits per heavy atom. The molecule has 4 rings (SSSR count). The first-order chi connectivity index (χ1) is 12.9. The molecule has 0 amide bonds. The fourth-order valence-electron chi connectivity index (χ4n) is 4.31. The number of hydrogen-bond donors (Lipinski definition) is 1. The van der Waals surface area contributed by atoms with Crippen LogP contribution in [0, 0.1) is 0 Å². The second kappa shape index (κ2) is 6.57. The van der Waals surface area contributed by atoms with E-state index in [2.05, 4.69) is 71.1 Å². The molecule has 4 nitrogen and oxygen atoms in total. The first kappa shape index (κ1) is 18.4. The highest BCUT2D eigenvalue weighted by atomic mass is 79.9. The van der Waals surface area contributed by atoms with Crippen LogP contribution in [-0.2, 0) is 5.41 Å². The van der Waals surface area contributed by atoms with Crippen LogP contribution in [0.3, 0.4) is 0 Å². The molecular formula is C22H24BrNO3. The number of anilines is 1. The zero-order valence-electron chi connectivity index (χ0n) is 15.8. The van der Waals surface area contributed by atoms with Crippen molar-refractivity contribution in [2.45, 2.75) is 31.4 Å². The lowest BCUT2D eigenvalue weighted by Gasteiger charge is -2.47. The third kappa shape index (κ3) is 2.59. The highest BCUT2D eigenvalue weighted by molar-refractivity contribution is 9.10. The van der Waals surface area contributed by atoms with E-state index in [4.69, 9.17) is 9.47 Å². The largest absolute Gasteiger partial charge is 0.493 e. The van der Waals surface area contributed by atoms with Gasteiger partial charge in [-0.05, 0) is 56.2 Å². The van der Waals surface area contributed by atoms with E-state index in [0.717, 1.165) is 21.5 Å². The van der Waals surface area contributed by atoms with Gasteiger partial charge in [0, 0.05) is 28.9 Å². The van der Waals surface area contributed by atoms with Gasteiger partial charge in [-0.3, -0.25) is 0 Å². The molecule has 5 heteroatoms. The standard InChI is InChI=1S/C22H24BrNO3/c1-21(2)17-7-4-5-8-18(17)24(11-6-12-25)22(21)10-9-15-13-16(23)14-19(26-3)20(15)27-22/h4-5,7-10,13-14,25H,6,11-12H2,1-3H3. The number of rotatable bonds is 4. The minimum Gasteiger partial charge on any atom is -0.493 e. The first-order valence-corrected chi connectivity index (χ1v) is 9.98. The first-order valence-electron chi connectivity index (χ1n) is 9.18. The Kier molecular flexibility index (Phi) is 4.47. The zero-order chi connectivity index (χ0) is 19.2. The quantitative estimate of drug-likeness (QED) is 0.761. The maximum absolute atomic E-state index is 9.45. The van der Waals surface area contributed by atoms with Gasteiger partial charge in [0.15, 0.2) is 11.5 Å². The summed E-state index contributed by atoms with van der Waals surface area (Å²) >= 11 is 3.54. The van der Waals surface area contributed by atoms with Crippen molar-refractivity contribution < 1.29 is 14.6 Å². The Hall–Kier alpha value is -1.98. The second-order valence-corrected chi connectivity index (χ2v) is 8.44. The number of aliphatic hydroxyl groups excluding tert-OH is 1. The number of methoxy groups -OCH3 is 1. The summed E-state index contributed by atoms with van der Waals surface area (Å²) in [6, 6.07) is 12.4. The predicted molar refractivity (Wildman–Crippen MR) is 112 cm³/mol. The molecule has 27 heavy (non-hydrogen) atoms. The molecule has 0 aliphatic carbocycles. The van der Waals surface area contributed by atoms with Crippen molar-refractivity contribution in [3.05, 3.63) is 58.1 Å². The summed E-state index contributed by atoms with van der Waals surface area (Å²) < 4.78 is 13.3. The number of fused-ring (bicyclic) bond motifs is 2. The smallest absolute Gasteiger partial charge is 0.212 e.